The molecule has 4 nitrogen and oxygen atoms in total. The van der Waals surface area contributed by atoms with Gasteiger partial charge in [-0.2, -0.15) is 0 Å². The Hall–Kier alpha value is -1.76. The van der Waals surface area contributed by atoms with Crippen molar-refractivity contribution in [3.63, 3.8) is 0 Å². The summed E-state index contributed by atoms with van der Waals surface area (Å²) >= 11 is 11.1. The molecule has 1 aliphatic heterocycles. The van der Waals surface area contributed by atoms with Gasteiger partial charge in [-0.3, -0.25) is 5.43 Å². The zero-order valence-corrected chi connectivity index (χ0v) is 14.9. The molecule has 0 saturated heterocycles. The van der Waals surface area contributed by atoms with E-state index in [2.05, 4.69) is 37.6 Å². The van der Waals surface area contributed by atoms with Crippen LogP contribution in [0.3, 0.4) is 0 Å². The second-order valence-electron chi connectivity index (χ2n) is 4.89. The number of nitrogens with zero attached hydrogens (tertiary/aromatic N) is 3. The van der Waals surface area contributed by atoms with Crippen LogP contribution in [0.1, 0.15) is 5.56 Å². The minimum atomic E-state index is 0.697. The summed E-state index contributed by atoms with van der Waals surface area (Å²) in [7, 11) is 0. The highest BCUT2D eigenvalue weighted by atomic mass is 79.9. The first-order chi connectivity index (χ1) is 11.2. The highest BCUT2D eigenvalue weighted by Gasteiger charge is 2.20. The Bertz CT molecular complexity index is 905. The molecule has 0 atom stereocenters. The van der Waals surface area contributed by atoms with Crippen LogP contribution in [0, 0.1) is 0 Å². The molecule has 0 unspecified atom stereocenters. The molecule has 0 radical (unpaired) electrons. The van der Waals surface area contributed by atoms with Crippen molar-refractivity contribution in [1.29, 1.82) is 0 Å². The highest BCUT2D eigenvalue weighted by molar-refractivity contribution is 9.10. The Morgan fingerprint density at radius 3 is 2.61 bits per heavy atom. The van der Waals surface area contributed by atoms with E-state index >= 15 is 0 Å². The minimum absolute atomic E-state index is 0.697. The van der Waals surface area contributed by atoms with E-state index in [4.69, 9.17) is 11.6 Å². The van der Waals surface area contributed by atoms with Gasteiger partial charge in [0, 0.05) is 26.0 Å². The summed E-state index contributed by atoms with van der Waals surface area (Å²) in [6, 6.07) is 15.6. The molecular formula is C16H10BrClN4S. The zero-order valence-electron chi connectivity index (χ0n) is 11.7. The first-order valence-electron chi connectivity index (χ1n) is 6.82. The van der Waals surface area contributed by atoms with Gasteiger partial charge in [-0.25, -0.2) is 4.68 Å². The van der Waals surface area contributed by atoms with Gasteiger partial charge < -0.3 is 0 Å². The van der Waals surface area contributed by atoms with Crippen LogP contribution in [0.15, 0.2) is 63.6 Å². The number of thioether (sulfide) groups is 1. The van der Waals surface area contributed by atoms with Crippen molar-refractivity contribution < 1.29 is 0 Å². The number of aromatic nitrogens is 3. The summed E-state index contributed by atoms with van der Waals surface area (Å²) in [6.07, 6.45) is 0. The second-order valence-corrected chi connectivity index (χ2v) is 7.02. The normalized spacial score (nSPS) is 13.2. The maximum absolute atomic E-state index is 5.96. The standard InChI is InChI=1S/C16H10BrClN4S/c17-13-4-2-1-3-12(13)14-9-23-16-20-19-15(22(16)21-14)10-5-7-11(18)8-6-10/h1-9,21H. The third-order valence-corrected chi connectivity index (χ3v) is 5.19. The third-order valence-electron chi connectivity index (χ3n) is 3.41. The van der Waals surface area contributed by atoms with Crippen LogP contribution >= 0.6 is 39.3 Å². The lowest BCUT2D eigenvalue weighted by atomic mass is 10.2. The topological polar surface area (TPSA) is 42.7 Å². The summed E-state index contributed by atoms with van der Waals surface area (Å²) in [6.45, 7) is 0. The molecular weight excluding hydrogens is 396 g/mol. The van der Waals surface area contributed by atoms with Crippen LogP contribution in [0.4, 0.5) is 0 Å². The van der Waals surface area contributed by atoms with Crippen LogP contribution in [0.5, 0.6) is 0 Å². The van der Waals surface area contributed by atoms with Gasteiger partial charge in [0.2, 0.25) is 5.16 Å². The molecule has 1 aliphatic rings. The maximum atomic E-state index is 5.96. The number of benzene rings is 2. The minimum Gasteiger partial charge on any atom is -0.289 e. The molecule has 0 saturated carbocycles. The van der Waals surface area contributed by atoms with Gasteiger partial charge in [-0.1, -0.05) is 57.5 Å². The molecule has 0 aliphatic carbocycles. The molecule has 23 heavy (non-hydrogen) atoms. The largest absolute Gasteiger partial charge is 0.289 e. The van der Waals surface area contributed by atoms with Crippen molar-refractivity contribution in [3.05, 3.63) is 69.0 Å². The van der Waals surface area contributed by atoms with Gasteiger partial charge in [0.25, 0.3) is 0 Å². The Labute approximate surface area is 150 Å². The van der Waals surface area contributed by atoms with Gasteiger partial charge in [-0.05, 0) is 30.3 Å². The maximum Gasteiger partial charge on any atom is 0.214 e. The molecule has 7 heteroatoms. The zero-order chi connectivity index (χ0) is 15.8. The van der Waals surface area contributed by atoms with Crippen molar-refractivity contribution in [2.45, 2.75) is 5.16 Å². The quantitative estimate of drug-likeness (QED) is 0.651. The first-order valence-corrected chi connectivity index (χ1v) is 8.87. The molecule has 2 aromatic carbocycles. The lowest BCUT2D eigenvalue weighted by Gasteiger charge is -2.19. The van der Waals surface area contributed by atoms with E-state index in [9.17, 15) is 0 Å². The summed E-state index contributed by atoms with van der Waals surface area (Å²) in [5.74, 6) is 0.752. The smallest absolute Gasteiger partial charge is 0.214 e. The summed E-state index contributed by atoms with van der Waals surface area (Å²) in [4.78, 5) is 0. The van der Waals surface area contributed by atoms with Crippen LogP contribution in [0.2, 0.25) is 5.02 Å². The first kappa shape index (κ1) is 14.8. The van der Waals surface area contributed by atoms with Crippen LogP contribution < -0.4 is 5.43 Å². The molecule has 4 rings (SSSR count). The number of rotatable bonds is 2. The van der Waals surface area contributed by atoms with Crippen molar-refractivity contribution in [2.24, 2.45) is 0 Å². The molecule has 0 bridgehead atoms. The predicted molar refractivity (Wildman–Crippen MR) is 97.8 cm³/mol. The summed E-state index contributed by atoms with van der Waals surface area (Å²) in [5.41, 5.74) is 6.41. The Morgan fingerprint density at radius 1 is 1.04 bits per heavy atom. The van der Waals surface area contributed by atoms with Gasteiger partial charge in [0.1, 0.15) is 0 Å². The van der Waals surface area contributed by atoms with Gasteiger partial charge >= 0.3 is 0 Å². The number of hydrogen-bond acceptors (Lipinski definition) is 4. The molecule has 1 aromatic heterocycles. The van der Waals surface area contributed by atoms with E-state index in [1.165, 1.54) is 11.8 Å². The van der Waals surface area contributed by atoms with Crippen LogP contribution in [0.25, 0.3) is 17.1 Å². The van der Waals surface area contributed by atoms with Gasteiger partial charge in [-0.15, -0.1) is 10.2 Å². The molecule has 0 amide bonds. The fraction of sp³-hybridized carbons (Fsp3) is 0. The fourth-order valence-electron chi connectivity index (χ4n) is 2.29. The van der Waals surface area contributed by atoms with Crippen molar-refractivity contribution in [2.75, 3.05) is 5.43 Å². The van der Waals surface area contributed by atoms with E-state index in [1.54, 1.807) is 0 Å². The summed E-state index contributed by atoms with van der Waals surface area (Å²) < 4.78 is 2.92. The van der Waals surface area contributed by atoms with E-state index in [1.807, 2.05) is 52.5 Å². The third kappa shape index (κ3) is 2.78. The number of nitrogens with one attached hydrogen (secondary N) is 1. The number of hydrogen-bond donors (Lipinski definition) is 1. The molecule has 3 aromatic rings. The Kier molecular flexibility index (Phi) is 3.88. The number of fused-ring (bicyclic) bond motifs is 1. The average molecular weight is 406 g/mol. The highest BCUT2D eigenvalue weighted by Crippen LogP contribution is 2.33. The molecule has 0 fully saturated rings. The van der Waals surface area contributed by atoms with Crippen molar-refractivity contribution in [3.8, 4) is 11.4 Å². The van der Waals surface area contributed by atoms with E-state index in [0.29, 0.717) is 5.02 Å². The summed E-state index contributed by atoms with van der Waals surface area (Å²) in [5, 5.41) is 12.1. The van der Waals surface area contributed by atoms with E-state index in [-0.39, 0.29) is 0 Å². The Balaban J connectivity index is 1.73. The van der Waals surface area contributed by atoms with Gasteiger partial charge in [0.15, 0.2) is 5.82 Å². The SMILES string of the molecule is Clc1ccc(-c2nnc3n2NC(c2ccccc2Br)=CS3)cc1. The molecule has 114 valence electrons. The predicted octanol–water partition coefficient (Wildman–Crippen LogP) is 5.01. The van der Waals surface area contributed by atoms with Crippen molar-refractivity contribution in [1.82, 2.24) is 14.9 Å². The molecule has 0 spiro atoms. The lowest BCUT2D eigenvalue weighted by molar-refractivity contribution is 0.826. The van der Waals surface area contributed by atoms with Crippen molar-refractivity contribution >= 4 is 45.0 Å². The second kappa shape index (κ2) is 6.03. The number of halogens is 2. The van der Waals surface area contributed by atoms with E-state index < -0.39 is 0 Å². The van der Waals surface area contributed by atoms with E-state index in [0.717, 1.165) is 32.3 Å². The molecule has 2 heterocycles. The average Bonchev–Trinajstić information content (AvgIpc) is 2.99. The van der Waals surface area contributed by atoms with Gasteiger partial charge in [0.05, 0.1) is 5.70 Å². The fourth-order valence-corrected chi connectivity index (χ4v) is 3.65. The van der Waals surface area contributed by atoms with Crippen LogP contribution in [-0.4, -0.2) is 14.9 Å². The monoisotopic (exact) mass is 404 g/mol. The molecule has 1 N–H and O–H groups in total. The lowest BCUT2D eigenvalue weighted by Crippen LogP contribution is -2.18. The van der Waals surface area contributed by atoms with Crippen LogP contribution in [-0.2, 0) is 0 Å². The Morgan fingerprint density at radius 2 is 1.83 bits per heavy atom.